The minimum Gasteiger partial charge on any atom is -0.304 e. The first-order valence-electron chi connectivity index (χ1n) is 3.84. The predicted octanol–water partition coefficient (Wildman–Crippen LogP) is 2.15. The second-order valence-corrected chi connectivity index (χ2v) is 2.78. The highest BCUT2D eigenvalue weighted by Crippen LogP contribution is 2.02. The number of nitrogens with one attached hydrogen (secondary N) is 1. The summed E-state index contributed by atoms with van der Waals surface area (Å²) in [6.07, 6.45) is 0.882. The number of alkyl halides is 1. The van der Waals surface area contributed by atoms with E-state index in [1.807, 2.05) is 0 Å². The highest BCUT2D eigenvalue weighted by Gasteiger charge is 1.92. The summed E-state index contributed by atoms with van der Waals surface area (Å²) < 4.78 is 12.4. The third-order valence-corrected chi connectivity index (χ3v) is 1.79. The molecule has 1 N–H and O–H groups in total. The van der Waals surface area contributed by atoms with Gasteiger partial charge < -0.3 is 5.32 Å². The molecule has 3 heteroatoms. The molecule has 0 fully saturated rings. The molecular weight excluding hydrogens is 177 g/mol. The van der Waals surface area contributed by atoms with Crippen molar-refractivity contribution in [3.05, 3.63) is 35.6 Å². The van der Waals surface area contributed by atoms with Crippen LogP contribution in [0.5, 0.6) is 0 Å². The van der Waals surface area contributed by atoms with E-state index in [1.54, 1.807) is 12.1 Å². The highest BCUT2D eigenvalue weighted by molar-refractivity contribution is 6.17. The van der Waals surface area contributed by atoms with Crippen LogP contribution in [0, 0.1) is 5.82 Å². The summed E-state index contributed by atoms with van der Waals surface area (Å²) in [5.41, 5.74) is 1.12. The van der Waals surface area contributed by atoms with Crippen LogP contribution in [-0.2, 0) is 6.42 Å². The van der Waals surface area contributed by atoms with Gasteiger partial charge in [0.05, 0.1) is 6.00 Å². The molecule has 1 aromatic carbocycles. The molecule has 12 heavy (non-hydrogen) atoms. The molecule has 0 bridgehead atoms. The van der Waals surface area contributed by atoms with Crippen LogP contribution in [-0.4, -0.2) is 12.5 Å². The van der Waals surface area contributed by atoms with E-state index < -0.39 is 0 Å². The third kappa shape index (κ3) is 3.20. The average Bonchev–Trinajstić information content (AvgIpc) is 2.09. The van der Waals surface area contributed by atoms with E-state index in [0.29, 0.717) is 6.00 Å². The normalized spacial score (nSPS) is 10.2. The van der Waals surface area contributed by atoms with Crippen molar-refractivity contribution in [2.24, 2.45) is 0 Å². The van der Waals surface area contributed by atoms with Crippen molar-refractivity contribution in [2.45, 2.75) is 6.42 Å². The maximum Gasteiger partial charge on any atom is 0.123 e. The van der Waals surface area contributed by atoms with Crippen molar-refractivity contribution < 1.29 is 4.39 Å². The summed E-state index contributed by atoms with van der Waals surface area (Å²) in [5, 5.41) is 2.98. The zero-order chi connectivity index (χ0) is 8.81. The average molecular weight is 188 g/mol. The predicted molar refractivity (Wildman–Crippen MR) is 48.8 cm³/mol. The van der Waals surface area contributed by atoms with Crippen LogP contribution in [0.1, 0.15) is 5.56 Å². The van der Waals surface area contributed by atoms with Crippen LogP contribution in [0.15, 0.2) is 24.3 Å². The van der Waals surface area contributed by atoms with E-state index in [0.717, 1.165) is 18.5 Å². The van der Waals surface area contributed by atoms with Crippen LogP contribution in [0.25, 0.3) is 0 Å². The Kier molecular flexibility index (Phi) is 4.05. The molecule has 0 aliphatic heterocycles. The van der Waals surface area contributed by atoms with Crippen molar-refractivity contribution in [3.63, 3.8) is 0 Å². The molecular formula is C9H11ClFN. The molecule has 1 aromatic rings. The monoisotopic (exact) mass is 187 g/mol. The Hall–Kier alpha value is -0.600. The molecule has 1 rings (SSSR count). The molecule has 0 heterocycles. The second-order valence-electron chi connectivity index (χ2n) is 2.51. The molecule has 0 atom stereocenters. The molecule has 0 spiro atoms. The number of benzene rings is 1. The van der Waals surface area contributed by atoms with E-state index in [2.05, 4.69) is 5.32 Å². The SMILES string of the molecule is Fc1ccc(CCNCCl)cc1. The van der Waals surface area contributed by atoms with Gasteiger partial charge in [-0.05, 0) is 24.1 Å². The van der Waals surface area contributed by atoms with Crippen LogP contribution < -0.4 is 5.32 Å². The number of rotatable bonds is 4. The van der Waals surface area contributed by atoms with Gasteiger partial charge in [0, 0.05) is 6.54 Å². The highest BCUT2D eigenvalue weighted by atomic mass is 35.5. The van der Waals surface area contributed by atoms with Gasteiger partial charge in [-0.3, -0.25) is 0 Å². The Labute approximate surface area is 76.5 Å². The van der Waals surface area contributed by atoms with Crippen molar-refractivity contribution in [3.8, 4) is 0 Å². The summed E-state index contributed by atoms with van der Waals surface area (Å²) >= 11 is 5.42. The second kappa shape index (κ2) is 5.12. The van der Waals surface area contributed by atoms with E-state index in [1.165, 1.54) is 12.1 Å². The first kappa shape index (κ1) is 9.49. The Morgan fingerprint density at radius 1 is 1.25 bits per heavy atom. The van der Waals surface area contributed by atoms with Crippen molar-refractivity contribution in [1.29, 1.82) is 0 Å². The number of hydrogen-bond donors (Lipinski definition) is 1. The van der Waals surface area contributed by atoms with Crippen molar-refractivity contribution >= 4 is 11.6 Å². The molecule has 0 aliphatic carbocycles. The van der Waals surface area contributed by atoms with Gasteiger partial charge in [-0.25, -0.2) is 4.39 Å². The molecule has 0 saturated heterocycles. The molecule has 1 nitrogen and oxygen atoms in total. The summed E-state index contributed by atoms with van der Waals surface area (Å²) in [7, 11) is 0. The van der Waals surface area contributed by atoms with E-state index in [-0.39, 0.29) is 5.82 Å². The molecule has 0 aliphatic rings. The molecule has 66 valence electrons. The zero-order valence-electron chi connectivity index (χ0n) is 6.69. The standard InChI is InChI=1S/C9H11ClFN/c10-7-12-6-5-8-1-3-9(11)4-2-8/h1-4,12H,5-7H2. The Balaban J connectivity index is 2.37. The van der Waals surface area contributed by atoms with Gasteiger partial charge in [-0.15, -0.1) is 11.6 Å². The minimum atomic E-state index is -0.191. The van der Waals surface area contributed by atoms with Gasteiger partial charge in [-0.1, -0.05) is 12.1 Å². The summed E-state index contributed by atoms with van der Waals surface area (Å²) in [6, 6.07) is 6.96. The summed E-state index contributed by atoms with van der Waals surface area (Å²) in [6.45, 7) is 0.829. The molecule has 0 unspecified atom stereocenters. The number of halogens is 2. The summed E-state index contributed by atoms with van der Waals surface area (Å²) in [5.74, 6) is -0.191. The lowest BCUT2D eigenvalue weighted by molar-refractivity contribution is 0.626. The zero-order valence-corrected chi connectivity index (χ0v) is 7.44. The quantitative estimate of drug-likeness (QED) is 0.433. The minimum absolute atomic E-state index is 0.191. The molecule has 0 radical (unpaired) electrons. The molecule has 0 amide bonds. The smallest absolute Gasteiger partial charge is 0.123 e. The van der Waals surface area contributed by atoms with E-state index in [9.17, 15) is 4.39 Å². The van der Waals surface area contributed by atoms with Crippen LogP contribution in [0.3, 0.4) is 0 Å². The van der Waals surface area contributed by atoms with Gasteiger partial charge >= 0.3 is 0 Å². The van der Waals surface area contributed by atoms with Crippen LogP contribution >= 0.6 is 11.6 Å². The van der Waals surface area contributed by atoms with Gasteiger partial charge in [0.15, 0.2) is 0 Å². The van der Waals surface area contributed by atoms with Crippen molar-refractivity contribution in [2.75, 3.05) is 12.5 Å². The fourth-order valence-electron chi connectivity index (χ4n) is 0.951. The van der Waals surface area contributed by atoms with Gasteiger partial charge in [-0.2, -0.15) is 0 Å². The molecule has 0 aromatic heterocycles. The van der Waals surface area contributed by atoms with Gasteiger partial charge in [0.25, 0.3) is 0 Å². The van der Waals surface area contributed by atoms with E-state index in [4.69, 9.17) is 11.6 Å². The first-order valence-corrected chi connectivity index (χ1v) is 4.37. The lowest BCUT2D eigenvalue weighted by atomic mass is 10.1. The third-order valence-electron chi connectivity index (χ3n) is 1.60. The van der Waals surface area contributed by atoms with Crippen LogP contribution in [0.2, 0.25) is 0 Å². The Morgan fingerprint density at radius 2 is 1.92 bits per heavy atom. The Bertz CT molecular complexity index is 222. The first-order chi connectivity index (χ1) is 5.83. The van der Waals surface area contributed by atoms with Crippen LogP contribution in [0.4, 0.5) is 4.39 Å². The maximum atomic E-state index is 12.4. The fourth-order valence-corrected chi connectivity index (χ4v) is 1.08. The van der Waals surface area contributed by atoms with Crippen molar-refractivity contribution in [1.82, 2.24) is 5.32 Å². The lowest BCUT2D eigenvalue weighted by Gasteiger charge is -2.00. The van der Waals surface area contributed by atoms with E-state index >= 15 is 0 Å². The topological polar surface area (TPSA) is 12.0 Å². The largest absolute Gasteiger partial charge is 0.304 e. The van der Waals surface area contributed by atoms with Gasteiger partial charge in [0.1, 0.15) is 5.82 Å². The molecule has 0 saturated carbocycles. The Morgan fingerprint density at radius 3 is 2.50 bits per heavy atom. The fraction of sp³-hybridized carbons (Fsp3) is 0.333. The number of hydrogen-bond acceptors (Lipinski definition) is 1. The maximum absolute atomic E-state index is 12.4. The van der Waals surface area contributed by atoms with Gasteiger partial charge in [0.2, 0.25) is 0 Å². The lowest BCUT2D eigenvalue weighted by Crippen LogP contribution is -2.14. The summed E-state index contributed by atoms with van der Waals surface area (Å²) in [4.78, 5) is 0.